The molecule has 0 N–H and O–H groups in total. The summed E-state index contributed by atoms with van der Waals surface area (Å²) < 4.78 is 0. The molecule has 1 heterocycles. The summed E-state index contributed by atoms with van der Waals surface area (Å²) in [6.07, 6.45) is 4.38. The summed E-state index contributed by atoms with van der Waals surface area (Å²) in [5, 5.41) is -0.491. The smallest absolute Gasteiger partial charge is 0.271 e. The van der Waals surface area contributed by atoms with Crippen LogP contribution in [0.1, 0.15) is 47.3 Å². The molecule has 0 spiro atoms. The van der Waals surface area contributed by atoms with E-state index in [1.165, 1.54) is 18.4 Å². The SMILES string of the molecule is CCSc1c(C(=O)Cl)ncc(-c2ccc(C3CC3)cc2)c1C. The summed E-state index contributed by atoms with van der Waals surface area (Å²) in [7, 11) is 0. The molecule has 114 valence electrons. The van der Waals surface area contributed by atoms with Gasteiger partial charge in [0.25, 0.3) is 5.24 Å². The van der Waals surface area contributed by atoms with Gasteiger partial charge in [-0.2, -0.15) is 0 Å². The van der Waals surface area contributed by atoms with E-state index in [1.807, 2.05) is 6.92 Å². The highest BCUT2D eigenvalue weighted by Gasteiger charge is 2.23. The van der Waals surface area contributed by atoms with Gasteiger partial charge in [-0.3, -0.25) is 4.79 Å². The van der Waals surface area contributed by atoms with Gasteiger partial charge in [-0.05, 0) is 59.7 Å². The summed E-state index contributed by atoms with van der Waals surface area (Å²) >= 11 is 7.28. The number of hydrogen-bond donors (Lipinski definition) is 0. The molecular formula is C18H18ClNOS. The molecule has 0 amide bonds. The highest BCUT2D eigenvalue weighted by atomic mass is 35.5. The molecule has 0 aliphatic heterocycles. The van der Waals surface area contributed by atoms with Gasteiger partial charge in [0.05, 0.1) is 0 Å². The second kappa shape index (κ2) is 6.43. The number of pyridine rings is 1. The zero-order valence-corrected chi connectivity index (χ0v) is 14.3. The molecule has 1 aromatic carbocycles. The molecule has 1 fully saturated rings. The van der Waals surface area contributed by atoms with Gasteiger partial charge in [0, 0.05) is 16.7 Å². The zero-order chi connectivity index (χ0) is 15.7. The number of carbonyl (C=O) groups is 1. The first-order valence-electron chi connectivity index (χ1n) is 7.54. The number of thioether (sulfide) groups is 1. The van der Waals surface area contributed by atoms with Crippen molar-refractivity contribution in [2.75, 3.05) is 5.75 Å². The van der Waals surface area contributed by atoms with Crippen molar-refractivity contribution in [2.45, 2.75) is 37.5 Å². The maximum Gasteiger partial charge on any atom is 0.271 e. The van der Waals surface area contributed by atoms with Crippen molar-refractivity contribution in [1.29, 1.82) is 0 Å². The fraction of sp³-hybridized carbons (Fsp3) is 0.333. The van der Waals surface area contributed by atoms with E-state index in [1.54, 1.807) is 18.0 Å². The Kier molecular flexibility index (Phi) is 4.55. The maximum absolute atomic E-state index is 11.6. The largest absolute Gasteiger partial charge is 0.274 e. The monoisotopic (exact) mass is 331 g/mol. The molecule has 0 bridgehead atoms. The minimum Gasteiger partial charge on any atom is -0.274 e. The third-order valence-corrected chi connectivity index (χ3v) is 5.28. The van der Waals surface area contributed by atoms with Crippen molar-refractivity contribution in [2.24, 2.45) is 0 Å². The molecule has 3 rings (SSSR count). The van der Waals surface area contributed by atoms with Gasteiger partial charge in [-0.1, -0.05) is 31.2 Å². The van der Waals surface area contributed by atoms with Gasteiger partial charge in [0.2, 0.25) is 0 Å². The number of benzene rings is 1. The average molecular weight is 332 g/mol. The van der Waals surface area contributed by atoms with Crippen molar-refractivity contribution in [1.82, 2.24) is 4.98 Å². The van der Waals surface area contributed by atoms with Crippen LogP contribution in [-0.4, -0.2) is 16.0 Å². The van der Waals surface area contributed by atoms with E-state index in [0.29, 0.717) is 5.69 Å². The number of hydrogen-bond acceptors (Lipinski definition) is 3. The number of halogens is 1. The number of nitrogens with zero attached hydrogens (tertiary/aromatic N) is 1. The maximum atomic E-state index is 11.6. The van der Waals surface area contributed by atoms with Gasteiger partial charge >= 0.3 is 0 Å². The minimum atomic E-state index is -0.491. The number of carbonyl (C=O) groups excluding carboxylic acids is 1. The molecule has 0 radical (unpaired) electrons. The Morgan fingerprint density at radius 3 is 2.55 bits per heavy atom. The van der Waals surface area contributed by atoms with Crippen molar-refractivity contribution >= 4 is 28.6 Å². The van der Waals surface area contributed by atoms with Crippen molar-refractivity contribution in [3.8, 4) is 11.1 Å². The molecule has 1 saturated carbocycles. The quantitative estimate of drug-likeness (QED) is 0.541. The third kappa shape index (κ3) is 3.06. The lowest BCUT2D eigenvalue weighted by Crippen LogP contribution is -2.01. The fourth-order valence-electron chi connectivity index (χ4n) is 2.69. The Morgan fingerprint density at radius 2 is 2.00 bits per heavy atom. The zero-order valence-electron chi connectivity index (χ0n) is 12.7. The van der Waals surface area contributed by atoms with Crippen LogP contribution in [-0.2, 0) is 0 Å². The Hall–Kier alpha value is -1.32. The van der Waals surface area contributed by atoms with Crippen LogP contribution in [0.3, 0.4) is 0 Å². The van der Waals surface area contributed by atoms with Crippen LogP contribution in [0.25, 0.3) is 11.1 Å². The number of aromatic nitrogens is 1. The fourth-order valence-corrected chi connectivity index (χ4v) is 3.78. The molecule has 0 unspecified atom stereocenters. The summed E-state index contributed by atoms with van der Waals surface area (Å²) in [4.78, 5) is 16.8. The Balaban J connectivity index is 2.02. The first kappa shape index (κ1) is 15.6. The highest BCUT2D eigenvalue weighted by molar-refractivity contribution is 7.99. The molecule has 22 heavy (non-hydrogen) atoms. The predicted molar refractivity (Wildman–Crippen MR) is 93.0 cm³/mol. The van der Waals surface area contributed by atoms with Gasteiger partial charge in [0.15, 0.2) is 0 Å². The van der Waals surface area contributed by atoms with Crippen LogP contribution < -0.4 is 0 Å². The molecule has 2 nitrogen and oxygen atoms in total. The Bertz CT molecular complexity index is 708. The summed E-state index contributed by atoms with van der Waals surface area (Å²) in [6, 6.07) is 8.72. The molecule has 1 aliphatic carbocycles. The van der Waals surface area contributed by atoms with Crippen LogP contribution >= 0.6 is 23.4 Å². The molecule has 0 atom stereocenters. The topological polar surface area (TPSA) is 30.0 Å². The molecule has 4 heteroatoms. The van der Waals surface area contributed by atoms with Crippen molar-refractivity contribution < 1.29 is 4.79 Å². The lowest BCUT2D eigenvalue weighted by atomic mass is 10.00. The van der Waals surface area contributed by atoms with Gasteiger partial charge in [0.1, 0.15) is 5.69 Å². The second-order valence-electron chi connectivity index (χ2n) is 5.58. The lowest BCUT2D eigenvalue weighted by molar-refractivity contribution is 0.107. The van der Waals surface area contributed by atoms with Gasteiger partial charge < -0.3 is 0 Å². The molecule has 2 aromatic rings. The van der Waals surface area contributed by atoms with Gasteiger partial charge in [-0.25, -0.2) is 4.98 Å². The summed E-state index contributed by atoms with van der Waals surface area (Å²) in [5.41, 5.74) is 5.07. The predicted octanol–water partition coefficient (Wildman–Crippen LogP) is 5.43. The summed E-state index contributed by atoms with van der Waals surface area (Å²) in [6.45, 7) is 4.09. The van der Waals surface area contributed by atoms with Crippen LogP contribution in [0.5, 0.6) is 0 Å². The van der Waals surface area contributed by atoms with E-state index in [9.17, 15) is 4.79 Å². The van der Waals surface area contributed by atoms with Gasteiger partial charge in [-0.15, -0.1) is 11.8 Å². The molecule has 1 aromatic heterocycles. The van der Waals surface area contributed by atoms with Crippen LogP contribution in [0.15, 0.2) is 35.4 Å². The Labute approximate surface area is 140 Å². The lowest BCUT2D eigenvalue weighted by Gasteiger charge is -2.13. The molecule has 1 aliphatic rings. The average Bonchev–Trinajstić information content (AvgIpc) is 3.34. The second-order valence-corrected chi connectivity index (χ2v) is 7.20. The molecular weight excluding hydrogens is 314 g/mol. The Morgan fingerprint density at radius 1 is 1.32 bits per heavy atom. The van der Waals surface area contributed by atoms with E-state index >= 15 is 0 Å². The number of rotatable bonds is 5. The van der Waals surface area contributed by atoms with Crippen molar-refractivity contribution in [3.05, 3.63) is 47.3 Å². The van der Waals surface area contributed by atoms with E-state index in [4.69, 9.17) is 11.6 Å². The van der Waals surface area contributed by atoms with E-state index in [-0.39, 0.29) is 0 Å². The van der Waals surface area contributed by atoms with Crippen molar-refractivity contribution in [3.63, 3.8) is 0 Å². The van der Waals surface area contributed by atoms with E-state index < -0.39 is 5.24 Å². The summed E-state index contributed by atoms with van der Waals surface area (Å²) in [5.74, 6) is 1.64. The first-order valence-corrected chi connectivity index (χ1v) is 8.90. The standard InChI is InChI=1S/C18H18ClNOS/c1-3-22-17-11(2)15(10-20-16(17)18(19)21)14-8-6-13(7-9-14)12-4-5-12/h6-10,12H,3-5H2,1-2H3. The van der Waals surface area contributed by atoms with Crippen LogP contribution in [0.2, 0.25) is 0 Å². The highest BCUT2D eigenvalue weighted by Crippen LogP contribution is 2.41. The third-order valence-electron chi connectivity index (χ3n) is 4.03. The first-order chi connectivity index (χ1) is 10.6. The molecule has 0 saturated heterocycles. The normalized spacial score (nSPS) is 14.1. The van der Waals surface area contributed by atoms with Crippen LogP contribution in [0, 0.1) is 6.92 Å². The van der Waals surface area contributed by atoms with E-state index in [2.05, 4.69) is 36.2 Å². The minimum absolute atomic E-state index is 0.365. The van der Waals surface area contributed by atoms with Crippen LogP contribution in [0.4, 0.5) is 0 Å². The van der Waals surface area contributed by atoms with E-state index in [0.717, 1.165) is 33.3 Å².